The maximum Gasteiger partial charge on any atom is 0.265 e. The van der Waals surface area contributed by atoms with Gasteiger partial charge in [-0.3, -0.25) is 0 Å². The third-order valence-corrected chi connectivity index (χ3v) is 2.34. The minimum absolute atomic E-state index is 0.290. The number of furan rings is 1. The summed E-state index contributed by atoms with van der Waals surface area (Å²) in [5.74, 6) is -0.292. The van der Waals surface area contributed by atoms with Crippen LogP contribution in [0, 0.1) is 11.3 Å². The Morgan fingerprint density at radius 3 is 2.64 bits per heavy atom. The van der Waals surface area contributed by atoms with Gasteiger partial charge in [0.25, 0.3) is 9.05 Å². The van der Waals surface area contributed by atoms with E-state index in [-0.39, 0.29) is 10.7 Å². The number of nitrogens with zero attached hydrogens (tertiary/aromatic N) is 1. The molecule has 0 saturated heterocycles. The fourth-order valence-corrected chi connectivity index (χ4v) is 1.47. The summed E-state index contributed by atoms with van der Waals surface area (Å²) in [6, 6.07) is 2.68. The van der Waals surface area contributed by atoms with Crippen LogP contribution >= 0.6 is 10.7 Å². The second-order valence-corrected chi connectivity index (χ2v) is 4.20. The van der Waals surface area contributed by atoms with Gasteiger partial charge in [0.1, 0.15) is 11.0 Å². The van der Waals surface area contributed by atoms with Crippen LogP contribution in [0.15, 0.2) is 21.6 Å². The SMILES string of the molecule is N#Cc1occc1S(=O)(=O)Cl. The van der Waals surface area contributed by atoms with E-state index < -0.39 is 9.05 Å². The number of hydrogen-bond donors (Lipinski definition) is 0. The van der Waals surface area contributed by atoms with Crippen LogP contribution in [0.3, 0.4) is 0 Å². The van der Waals surface area contributed by atoms with Crippen molar-refractivity contribution in [2.45, 2.75) is 4.90 Å². The average Bonchev–Trinajstić information content (AvgIpc) is 2.31. The highest BCUT2D eigenvalue weighted by Gasteiger charge is 2.17. The zero-order chi connectivity index (χ0) is 8.48. The van der Waals surface area contributed by atoms with Gasteiger partial charge in [0.05, 0.1) is 6.26 Å². The van der Waals surface area contributed by atoms with E-state index in [1.165, 1.54) is 0 Å². The van der Waals surface area contributed by atoms with Crippen LogP contribution in [-0.2, 0) is 9.05 Å². The molecule has 4 nitrogen and oxygen atoms in total. The Morgan fingerprint density at radius 2 is 2.27 bits per heavy atom. The lowest BCUT2D eigenvalue weighted by molar-refractivity contribution is 0.543. The minimum Gasteiger partial charge on any atom is -0.452 e. The molecule has 0 aliphatic heterocycles. The first-order valence-corrected chi connectivity index (χ1v) is 4.79. The van der Waals surface area contributed by atoms with Crippen molar-refractivity contribution >= 4 is 19.7 Å². The van der Waals surface area contributed by atoms with E-state index >= 15 is 0 Å². The van der Waals surface area contributed by atoms with Crippen molar-refractivity contribution in [2.24, 2.45) is 0 Å². The van der Waals surface area contributed by atoms with Crippen molar-refractivity contribution in [1.29, 1.82) is 5.26 Å². The van der Waals surface area contributed by atoms with Gasteiger partial charge in [-0.15, -0.1) is 0 Å². The molecule has 0 spiro atoms. The van der Waals surface area contributed by atoms with Gasteiger partial charge in [0, 0.05) is 10.7 Å². The van der Waals surface area contributed by atoms with Crippen molar-refractivity contribution in [2.75, 3.05) is 0 Å². The molecule has 1 aromatic rings. The zero-order valence-corrected chi connectivity index (χ0v) is 6.69. The van der Waals surface area contributed by atoms with Gasteiger partial charge in [0.2, 0.25) is 5.76 Å². The molecule has 11 heavy (non-hydrogen) atoms. The topological polar surface area (TPSA) is 71.1 Å². The Bertz CT molecular complexity index is 400. The van der Waals surface area contributed by atoms with Crippen LogP contribution < -0.4 is 0 Å². The fourth-order valence-electron chi connectivity index (χ4n) is 0.571. The van der Waals surface area contributed by atoms with Gasteiger partial charge < -0.3 is 4.42 Å². The molecule has 6 heteroatoms. The minimum atomic E-state index is -3.85. The number of halogens is 1. The summed E-state index contributed by atoms with van der Waals surface area (Å²) in [6.45, 7) is 0. The standard InChI is InChI=1S/C5H2ClNO3S/c6-11(8,9)5-1-2-10-4(5)3-7/h1-2H. The van der Waals surface area contributed by atoms with Gasteiger partial charge in [0.15, 0.2) is 0 Å². The van der Waals surface area contributed by atoms with Gasteiger partial charge in [-0.25, -0.2) is 8.42 Å². The Balaban J connectivity index is 3.39. The Labute approximate surface area is 67.4 Å². The third kappa shape index (κ3) is 1.53. The van der Waals surface area contributed by atoms with Crippen LogP contribution in [-0.4, -0.2) is 8.42 Å². The molecule has 0 fully saturated rings. The number of hydrogen-bond acceptors (Lipinski definition) is 4. The van der Waals surface area contributed by atoms with Crippen LogP contribution in [0.1, 0.15) is 5.76 Å². The normalized spacial score (nSPS) is 10.9. The second kappa shape index (κ2) is 2.57. The summed E-state index contributed by atoms with van der Waals surface area (Å²) in [6.07, 6.45) is 1.09. The average molecular weight is 192 g/mol. The molecule has 0 atom stereocenters. The van der Waals surface area contributed by atoms with Gasteiger partial charge >= 0.3 is 0 Å². The van der Waals surface area contributed by atoms with Crippen LogP contribution in [0.25, 0.3) is 0 Å². The molecule has 0 radical (unpaired) electrons. The quantitative estimate of drug-likeness (QED) is 0.623. The first-order valence-electron chi connectivity index (χ1n) is 2.48. The van der Waals surface area contributed by atoms with Crippen LogP contribution in [0.4, 0.5) is 0 Å². The van der Waals surface area contributed by atoms with E-state index in [2.05, 4.69) is 4.42 Å². The molecule has 1 rings (SSSR count). The summed E-state index contributed by atoms with van der Waals surface area (Å²) >= 11 is 0. The van der Waals surface area contributed by atoms with Gasteiger partial charge in [-0.05, 0) is 6.07 Å². The lowest BCUT2D eigenvalue weighted by atomic mass is 10.5. The third-order valence-electron chi connectivity index (χ3n) is 0.993. The number of nitriles is 1. The van der Waals surface area contributed by atoms with Gasteiger partial charge in [-0.1, -0.05) is 0 Å². The largest absolute Gasteiger partial charge is 0.452 e. The molecule has 0 amide bonds. The molecule has 0 aliphatic rings. The van der Waals surface area contributed by atoms with Crippen molar-refractivity contribution in [3.05, 3.63) is 18.1 Å². The maximum absolute atomic E-state index is 10.6. The summed E-state index contributed by atoms with van der Waals surface area (Å²) in [5.41, 5.74) is 0. The molecule has 0 aliphatic carbocycles. The second-order valence-electron chi connectivity index (χ2n) is 1.66. The first-order chi connectivity index (χ1) is 5.05. The molecule has 1 aromatic heterocycles. The highest BCUT2D eigenvalue weighted by molar-refractivity contribution is 8.13. The lowest BCUT2D eigenvalue weighted by Gasteiger charge is -1.86. The van der Waals surface area contributed by atoms with E-state index in [0.717, 1.165) is 12.3 Å². The van der Waals surface area contributed by atoms with E-state index in [0.29, 0.717) is 0 Å². The molecular formula is C5H2ClNO3S. The highest BCUT2D eigenvalue weighted by atomic mass is 35.7. The molecule has 58 valence electrons. The number of rotatable bonds is 1. The summed E-state index contributed by atoms with van der Waals surface area (Å²) in [5, 5.41) is 8.30. The van der Waals surface area contributed by atoms with Gasteiger partial charge in [-0.2, -0.15) is 5.26 Å². The molecule has 0 unspecified atom stereocenters. The molecule has 1 heterocycles. The van der Waals surface area contributed by atoms with E-state index in [4.69, 9.17) is 15.9 Å². The van der Waals surface area contributed by atoms with Crippen molar-refractivity contribution in [3.63, 3.8) is 0 Å². The predicted octanol–water partition coefficient (Wildman–Crippen LogP) is 1.08. The van der Waals surface area contributed by atoms with E-state index in [9.17, 15) is 8.42 Å². The Kier molecular flexibility index (Phi) is 1.89. The van der Waals surface area contributed by atoms with Crippen molar-refractivity contribution < 1.29 is 12.8 Å². The van der Waals surface area contributed by atoms with Crippen molar-refractivity contribution in [3.8, 4) is 6.07 Å². The fraction of sp³-hybridized carbons (Fsp3) is 0. The predicted molar refractivity (Wildman–Crippen MR) is 36.5 cm³/mol. The summed E-state index contributed by atoms with van der Waals surface area (Å²) < 4.78 is 25.8. The molecule has 0 saturated carbocycles. The first kappa shape index (κ1) is 8.11. The highest BCUT2D eigenvalue weighted by Crippen LogP contribution is 2.19. The monoisotopic (exact) mass is 191 g/mol. The Hall–Kier alpha value is -0.990. The lowest BCUT2D eigenvalue weighted by Crippen LogP contribution is -1.89. The van der Waals surface area contributed by atoms with E-state index in [1.807, 2.05) is 0 Å². The van der Waals surface area contributed by atoms with Crippen LogP contribution in [0.2, 0.25) is 0 Å². The molecule has 0 aromatic carbocycles. The molecule has 0 bridgehead atoms. The Morgan fingerprint density at radius 1 is 1.64 bits per heavy atom. The summed E-state index contributed by atoms with van der Waals surface area (Å²) in [7, 11) is 1.10. The molecule has 0 N–H and O–H groups in total. The van der Waals surface area contributed by atoms with Crippen molar-refractivity contribution in [1.82, 2.24) is 0 Å². The molecular weight excluding hydrogens is 190 g/mol. The zero-order valence-electron chi connectivity index (χ0n) is 5.11. The van der Waals surface area contributed by atoms with E-state index in [1.54, 1.807) is 6.07 Å². The smallest absolute Gasteiger partial charge is 0.265 e. The maximum atomic E-state index is 10.6. The summed E-state index contributed by atoms with van der Waals surface area (Å²) in [4.78, 5) is -0.290. The van der Waals surface area contributed by atoms with Crippen LogP contribution in [0.5, 0.6) is 0 Å².